The summed E-state index contributed by atoms with van der Waals surface area (Å²) in [5.41, 5.74) is 0.749. The lowest BCUT2D eigenvalue weighted by atomic mass is 10.2. The zero-order valence-electron chi connectivity index (χ0n) is 9.81. The molecule has 98 valence electrons. The molecule has 0 fully saturated rings. The molecule has 0 atom stereocenters. The molecular formula is C12H9BrN2O4. The largest absolute Gasteiger partial charge is 0.478 e. The Balaban J connectivity index is 2.28. The van der Waals surface area contributed by atoms with Gasteiger partial charge in [0.1, 0.15) is 11.3 Å². The van der Waals surface area contributed by atoms with Crippen LogP contribution in [0.4, 0.5) is 5.69 Å². The van der Waals surface area contributed by atoms with Crippen LogP contribution < -0.4 is 5.32 Å². The highest BCUT2D eigenvalue weighted by molar-refractivity contribution is 9.10. The van der Waals surface area contributed by atoms with Crippen LogP contribution in [-0.2, 0) is 0 Å². The number of carboxylic acid groups (broad SMARTS) is 1. The summed E-state index contributed by atoms with van der Waals surface area (Å²) in [6.45, 7) is 1.62. The van der Waals surface area contributed by atoms with Gasteiger partial charge in [0.15, 0.2) is 0 Å². The minimum Gasteiger partial charge on any atom is -0.478 e. The number of carbonyl (C=O) groups excluding carboxylic acids is 1. The lowest BCUT2D eigenvalue weighted by Crippen LogP contribution is -2.13. The molecule has 0 aliphatic rings. The number of aromatic carboxylic acids is 1. The second kappa shape index (κ2) is 5.23. The zero-order valence-corrected chi connectivity index (χ0v) is 11.4. The molecule has 1 amide bonds. The van der Waals surface area contributed by atoms with Crippen molar-refractivity contribution in [1.29, 1.82) is 0 Å². The van der Waals surface area contributed by atoms with E-state index in [0.717, 1.165) is 0 Å². The standard InChI is InChI=1S/C12H9BrN2O4/c1-6-8(5-14-19-6)11(16)15-10-4-7(12(17)18)2-3-9(10)13/h2-5H,1H3,(H,15,16)(H,17,18). The van der Waals surface area contributed by atoms with Crippen molar-refractivity contribution < 1.29 is 19.2 Å². The fraction of sp³-hybridized carbons (Fsp3) is 0.0833. The molecule has 0 saturated carbocycles. The first kappa shape index (κ1) is 13.3. The van der Waals surface area contributed by atoms with E-state index in [1.165, 1.54) is 18.3 Å². The SMILES string of the molecule is Cc1oncc1C(=O)Nc1cc(C(=O)O)ccc1Br. The van der Waals surface area contributed by atoms with E-state index < -0.39 is 11.9 Å². The van der Waals surface area contributed by atoms with Crippen molar-refractivity contribution in [2.45, 2.75) is 6.92 Å². The zero-order chi connectivity index (χ0) is 14.0. The predicted octanol–water partition coefficient (Wildman–Crippen LogP) is 2.70. The monoisotopic (exact) mass is 324 g/mol. The van der Waals surface area contributed by atoms with Gasteiger partial charge in [-0.05, 0) is 41.1 Å². The Labute approximate surface area is 116 Å². The van der Waals surface area contributed by atoms with Crippen LogP contribution in [0.5, 0.6) is 0 Å². The van der Waals surface area contributed by atoms with Crippen LogP contribution in [0.3, 0.4) is 0 Å². The summed E-state index contributed by atoms with van der Waals surface area (Å²) in [6.07, 6.45) is 1.31. The first-order valence-electron chi connectivity index (χ1n) is 5.24. The lowest BCUT2D eigenvalue weighted by molar-refractivity contribution is 0.0696. The summed E-state index contributed by atoms with van der Waals surface area (Å²) >= 11 is 3.24. The van der Waals surface area contributed by atoms with E-state index in [9.17, 15) is 9.59 Å². The van der Waals surface area contributed by atoms with Crippen molar-refractivity contribution in [2.75, 3.05) is 5.32 Å². The number of benzene rings is 1. The number of amides is 1. The van der Waals surface area contributed by atoms with Crippen LogP contribution in [0.25, 0.3) is 0 Å². The Morgan fingerprint density at radius 1 is 1.42 bits per heavy atom. The number of nitrogens with one attached hydrogen (secondary N) is 1. The molecule has 0 aliphatic heterocycles. The second-order valence-corrected chi connectivity index (χ2v) is 4.60. The van der Waals surface area contributed by atoms with Gasteiger partial charge in [0.2, 0.25) is 0 Å². The molecule has 0 radical (unpaired) electrons. The number of rotatable bonds is 3. The number of anilines is 1. The Hall–Kier alpha value is -2.15. The average molecular weight is 325 g/mol. The fourth-order valence-electron chi connectivity index (χ4n) is 1.46. The molecule has 0 aliphatic carbocycles. The highest BCUT2D eigenvalue weighted by Crippen LogP contribution is 2.24. The number of aryl methyl sites for hydroxylation is 1. The normalized spacial score (nSPS) is 10.2. The highest BCUT2D eigenvalue weighted by Gasteiger charge is 2.15. The van der Waals surface area contributed by atoms with E-state index in [1.54, 1.807) is 13.0 Å². The maximum absolute atomic E-state index is 12.0. The molecule has 1 heterocycles. The minimum absolute atomic E-state index is 0.0838. The molecule has 0 saturated heterocycles. The molecule has 1 aromatic heterocycles. The van der Waals surface area contributed by atoms with Crippen molar-refractivity contribution in [3.8, 4) is 0 Å². The topological polar surface area (TPSA) is 92.4 Å². The van der Waals surface area contributed by atoms with Crippen LogP contribution in [0, 0.1) is 6.92 Å². The van der Waals surface area contributed by atoms with Gasteiger partial charge in [-0.15, -0.1) is 0 Å². The molecule has 19 heavy (non-hydrogen) atoms. The summed E-state index contributed by atoms with van der Waals surface area (Å²) < 4.78 is 5.38. The Morgan fingerprint density at radius 2 is 2.16 bits per heavy atom. The molecule has 7 heteroatoms. The smallest absolute Gasteiger partial charge is 0.335 e. The number of carbonyl (C=O) groups is 2. The number of hydrogen-bond donors (Lipinski definition) is 2. The van der Waals surface area contributed by atoms with Gasteiger partial charge < -0.3 is 14.9 Å². The van der Waals surface area contributed by atoms with Gasteiger partial charge >= 0.3 is 5.97 Å². The molecule has 0 bridgehead atoms. The van der Waals surface area contributed by atoms with Crippen LogP contribution in [-0.4, -0.2) is 22.1 Å². The van der Waals surface area contributed by atoms with E-state index in [2.05, 4.69) is 26.4 Å². The van der Waals surface area contributed by atoms with Crippen molar-refractivity contribution in [1.82, 2.24) is 5.16 Å². The van der Waals surface area contributed by atoms with E-state index in [-0.39, 0.29) is 5.56 Å². The summed E-state index contributed by atoms with van der Waals surface area (Å²) in [6, 6.07) is 4.36. The van der Waals surface area contributed by atoms with Crippen molar-refractivity contribution in [3.63, 3.8) is 0 Å². The quantitative estimate of drug-likeness (QED) is 0.905. The number of carboxylic acids is 1. The maximum atomic E-state index is 12.0. The Kier molecular flexibility index (Phi) is 3.66. The lowest BCUT2D eigenvalue weighted by Gasteiger charge is -2.07. The van der Waals surface area contributed by atoms with E-state index in [4.69, 9.17) is 9.63 Å². The number of hydrogen-bond acceptors (Lipinski definition) is 4. The van der Waals surface area contributed by atoms with Crippen molar-refractivity contribution in [3.05, 3.63) is 45.8 Å². The van der Waals surface area contributed by atoms with E-state index in [0.29, 0.717) is 21.5 Å². The Bertz CT molecular complexity index is 651. The third kappa shape index (κ3) is 2.82. The van der Waals surface area contributed by atoms with Gasteiger partial charge in [0, 0.05) is 4.47 Å². The fourth-order valence-corrected chi connectivity index (χ4v) is 1.81. The molecule has 0 spiro atoms. The van der Waals surface area contributed by atoms with Crippen LogP contribution in [0.1, 0.15) is 26.5 Å². The molecule has 2 rings (SSSR count). The molecule has 2 N–H and O–H groups in total. The van der Waals surface area contributed by atoms with Crippen molar-refractivity contribution >= 4 is 33.5 Å². The van der Waals surface area contributed by atoms with Gasteiger partial charge in [0.05, 0.1) is 17.4 Å². The van der Waals surface area contributed by atoms with Gasteiger partial charge in [-0.25, -0.2) is 4.79 Å². The maximum Gasteiger partial charge on any atom is 0.335 e. The number of nitrogens with zero attached hydrogens (tertiary/aromatic N) is 1. The average Bonchev–Trinajstić information content (AvgIpc) is 2.78. The molecular weight excluding hydrogens is 316 g/mol. The highest BCUT2D eigenvalue weighted by atomic mass is 79.9. The molecule has 1 aromatic carbocycles. The molecule has 2 aromatic rings. The molecule has 6 nitrogen and oxygen atoms in total. The summed E-state index contributed by atoms with van der Waals surface area (Å²) in [7, 11) is 0. The second-order valence-electron chi connectivity index (χ2n) is 3.75. The Morgan fingerprint density at radius 3 is 2.74 bits per heavy atom. The van der Waals surface area contributed by atoms with Crippen LogP contribution in [0.15, 0.2) is 33.4 Å². The number of aromatic nitrogens is 1. The number of halogens is 1. The van der Waals surface area contributed by atoms with E-state index in [1.807, 2.05) is 0 Å². The van der Waals surface area contributed by atoms with Gasteiger partial charge in [-0.3, -0.25) is 4.79 Å². The van der Waals surface area contributed by atoms with Crippen molar-refractivity contribution in [2.24, 2.45) is 0 Å². The summed E-state index contributed by atoms with van der Waals surface area (Å²) in [5.74, 6) is -1.09. The summed E-state index contributed by atoms with van der Waals surface area (Å²) in [4.78, 5) is 22.8. The first-order chi connectivity index (χ1) is 8.99. The predicted molar refractivity (Wildman–Crippen MR) is 70.3 cm³/mol. The third-order valence-electron chi connectivity index (χ3n) is 2.46. The first-order valence-corrected chi connectivity index (χ1v) is 6.04. The summed E-state index contributed by atoms with van der Waals surface area (Å²) in [5, 5.41) is 15.0. The van der Waals surface area contributed by atoms with Crippen LogP contribution in [0.2, 0.25) is 0 Å². The van der Waals surface area contributed by atoms with E-state index >= 15 is 0 Å². The molecule has 0 unspecified atom stereocenters. The third-order valence-corrected chi connectivity index (χ3v) is 3.15. The van der Waals surface area contributed by atoms with Gasteiger partial charge in [0.25, 0.3) is 5.91 Å². The van der Waals surface area contributed by atoms with Crippen LogP contribution >= 0.6 is 15.9 Å². The van der Waals surface area contributed by atoms with Gasteiger partial charge in [-0.2, -0.15) is 0 Å². The van der Waals surface area contributed by atoms with Gasteiger partial charge in [-0.1, -0.05) is 5.16 Å². The minimum atomic E-state index is -1.07.